The number of ketones is 1. The summed E-state index contributed by atoms with van der Waals surface area (Å²) in [4.78, 5) is 25.4. The van der Waals surface area contributed by atoms with Gasteiger partial charge in [-0.3, -0.25) is 4.79 Å². The van der Waals surface area contributed by atoms with Crippen molar-refractivity contribution < 1.29 is 14.7 Å². The number of carboxylic acid groups (broad SMARTS) is 1. The molecule has 1 atom stereocenters. The van der Waals surface area contributed by atoms with E-state index >= 15 is 0 Å². The third-order valence-electron chi connectivity index (χ3n) is 3.81. The van der Waals surface area contributed by atoms with Crippen LogP contribution >= 0.6 is 0 Å². The molecule has 4 heteroatoms. The maximum atomic E-state index is 12.3. The fraction of sp³-hybridized carbons (Fsp3) is 0.412. The summed E-state index contributed by atoms with van der Waals surface area (Å²) in [7, 11) is 0. The van der Waals surface area contributed by atoms with Crippen molar-refractivity contribution in [2.24, 2.45) is 5.41 Å². The van der Waals surface area contributed by atoms with Gasteiger partial charge in [-0.25, -0.2) is 4.79 Å². The molecule has 1 heterocycles. The van der Waals surface area contributed by atoms with Crippen molar-refractivity contribution in [3.63, 3.8) is 0 Å². The normalized spacial score (nSPS) is 20.5. The number of hydrogen-bond donors (Lipinski definition) is 1. The number of allylic oxidation sites excluding steroid dienone is 2. The van der Waals surface area contributed by atoms with Crippen molar-refractivity contribution in [3.8, 4) is 0 Å². The van der Waals surface area contributed by atoms with Crippen molar-refractivity contribution in [3.05, 3.63) is 47.7 Å². The first-order valence-corrected chi connectivity index (χ1v) is 7.09. The van der Waals surface area contributed by atoms with Gasteiger partial charge in [-0.1, -0.05) is 44.2 Å². The molecule has 0 aromatic heterocycles. The summed E-state index contributed by atoms with van der Waals surface area (Å²) in [5.74, 6) is -0.948. The molecule has 21 heavy (non-hydrogen) atoms. The first kappa shape index (κ1) is 15.3. The van der Waals surface area contributed by atoms with Gasteiger partial charge in [-0.05, 0) is 18.8 Å². The molecule has 1 fully saturated rings. The topological polar surface area (TPSA) is 57.6 Å². The van der Waals surface area contributed by atoms with E-state index in [-0.39, 0.29) is 11.2 Å². The Kier molecular flexibility index (Phi) is 4.16. The van der Waals surface area contributed by atoms with Crippen molar-refractivity contribution in [2.45, 2.75) is 33.2 Å². The van der Waals surface area contributed by atoms with Gasteiger partial charge in [0.15, 0.2) is 5.78 Å². The highest BCUT2D eigenvalue weighted by atomic mass is 16.4. The number of carboxylic acids is 1. The van der Waals surface area contributed by atoms with E-state index in [4.69, 9.17) is 0 Å². The predicted molar refractivity (Wildman–Crippen MR) is 81.1 cm³/mol. The number of hydrogen-bond acceptors (Lipinski definition) is 3. The molecule has 4 nitrogen and oxygen atoms in total. The van der Waals surface area contributed by atoms with Crippen LogP contribution in [0.2, 0.25) is 0 Å². The lowest BCUT2D eigenvalue weighted by atomic mass is 9.92. The second-order valence-corrected chi connectivity index (χ2v) is 6.35. The molecule has 1 aliphatic heterocycles. The number of carbonyl (C=O) groups excluding carboxylic acids is 1. The molecule has 1 aromatic carbocycles. The molecule has 0 radical (unpaired) electrons. The van der Waals surface area contributed by atoms with E-state index in [9.17, 15) is 14.7 Å². The van der Waals surface area contributed by atoms with Crippen LogP contribution in [0.1, 0.15) is 37.6 Å². The molecule has 2 rings (SSSR count). The summed E-state index contributed by atoms with van der Waals surface area (Å²) < 4.78 is 0. The molecule has 1 aliphatic rings. The van der Waals surface area contributed by atoms with Crippen LogP contribution in [0, 0.1) is 5.41 Å². The van der Waals surface area contributed by atoms with E-state index in [0.717, 1.165) is 5.70 Å². The SMILES string of the molecule is CC(C(=O)O)N1CC(C)(C)C/C1=C\C(=O)c1ccccc1. The van der Waals surface area contributed by atoms with E-state index in [1.54, 1.807) is 25.1 Å². The van der Waals surface area contributed by atoms with Crippen molar-refractivity contribution in [1.82, 2.24) is 4.90 Å². The summed E-state index contributed by atoms with van der Waals surface area (Å²) in [6, 6.07) is 8.42. The van der Waals surface area contributed by atoms with Crippen LogP contribution in [0.15, 0.2) is 42.1 Å². The van der Waals surface area contributed by atoms with Gasteiger partial charge in [0.2, 0.25) is 0 Å². The van der Waals surface area contributed by atoms with E-state index in [1.807, 2.05) is 23.1 Å². The Morgan fingerprint density at radius 1 is 1.29 bits per heavy atom. The lowest BCUT2D eigenvalue weighted by Crippen LogP contribution is -2.37. The average Bonchev–Trinajstić information content (AvgIpc) is 2.73. The predicted octanol–water partition coefficient (Wildman–Crippen LogP) is 2.96. The molecule has 112 valence electrons. The van der Waals surface area contributed by atoms with E-state index < -0.39 is 12.0 Å². The zero-order valence-corrected chi connectivity index (χ0v) is 12.7. The summed E-state index contributed by atoms with van der Waals surface area (Å²) in [6.45, 7) is 6.48. The molecular weight excluding hydrogens is 266 g/mol. The quantitative estimate of drug-likeness (QED) is 0.683. The number of benzene rings is 1. The van der Waals surface area contributed by atoms with Gasteiger partial charge in [0, 0.05) is 23.9 Å². The molecule has 0 amide bonds. The highest BCUT2D eigenvalue weighted by Gasteiger charge is 2.37. The smallest absolute Gasteiger partial charge is 0.326 e. The highest BCUT2D eigenvalue weighted by molar-refractivity contribution is 6.04. The lowest BCUT2D eigenvalue weighted by Gasteiger charge is -2.26. The number of likely N-dealkylation sites (tertiary alicyclic amines) is 1. The van der Waals surface area contributed by atoms with Crippen LogP contribution in [0.25, 0.3) is 0 Å². The van der Waals surface area contributed by atoms with Gasteiger partial charge in [0.25, 0.3) is 0 Å². The Labute approximate surface area is 125 Å². The Morgan fingerprint density at radius 3 is 2.48 bits per heavy atom. The van der Waals surface area contributed by atoms with Crippen LogP contribution < -0.4 is 0 Å². The molecule has 0 spiro atoms. The third kappa shape index (κ3) is 3.51. The molecule has 1 N–H and O–H groups in total. The Hall–Kier alpha value is -2.10. The first-order chi connectivity index (χ1) is 9.80. The van der Waals surface area contributed by atoms with Crippen molar-refractivity contribution in [1.29, 1.82) is 0 Å². The van der Waals surface area contributed by atoms with Crippen LogP contribution in [-0.2, 0) is 4.79 Å². The molecule has 1 aromatic rings. The summed E-state index contributed by atoms with van der Waals surface area (Å²) in [5, 5.41) is 9.23. The standard InChI is InChI=1S/C17H21NO3/c1-12(16(20)21)18-11-17(2,3)10-14(18)9-15(19)13-7-5-4-6-8-13/h4-9,12H,10-11H2,1-3H3,(H,20,21)/b14-9+. The number of rotatable bonds is 4. The number of carbonyl (C=O) groups is 2. The maximum Gasteiger partial charge on any atom is 0.326 e. The summed E-state index contributed by atoms with van der Waals surface area (Å²) >= 11 is 0. The lowest BCUT2D eigenvalue weighted by molar-refractivity contribution is -0.141. The number of nitrogens with zero attached hydrogens (tertiary/aromatic N) is 1. The molecule has 1 saturated heterocycles. The van der Waals surface area contributed by atoms with E-state index in [0.29, 0.717) is 18.5 Å². The minimum atomic E-state index is -0.870. The fourth-order valence-corrected chi connectivity index (χ4v) is 2.70. The molecular formula is C17H21NO3. The summed E-state index contributed by atoms with van der Waals surface area (Å²) in [5.41, 5.74) is 1.41. The monoisotopic (exact) mass is 287 g/mol. The molecule has 0 aliphatic carbocycles. The van der Waals surface area contributed by atoms with E-state index in [2.05, 4.69) is 13.8 Å². The highest BCUT2D eigenvalue weighted by Crippen LogP contribution is 2.37. The van der Waals surface area contributed by atoms with Gasteiger partial charge in [0.1, 0.15) is 6.04 Å². The fourth-order valence-electron chi connectivity index (χ4n) is 2.70. The van der Waals surface area contributed by atoms with Gasteiger partial charge in [0.05, 0.1) is 0 Å². The molecule has 0 saturated carbocycles. The second-order valence-electron chi connectivity index (χ2n) is 6.35. The van der Waals surface area contributed by atoms with Crippen LogP contribution in [-0.4, -0.2) is 34.3 Å². The Balaban J connectivity index is 2.29. The van der Waals surface area contributed by atoms with Crippen LogP contribution in [0.3, 0.4) is 0 Å². The Morgan fingerprint density at radius 2 is 1.90 bits per heavy atom. The largest absolute Gasteiger partial charge is 0.480 e. The Bertz CT molecular complexity index is 575. The number of aliphatic carboxylic acids is 1. The molecule has 1 unspecified atom stereocenters. The zero-order valence-electron chi connectivity index (χ0n) is 12.7. The minimum absolute atomic E-state index is 0.0213. The van der Waals surface area contributed by atoms with Gasteiger partial charge >= 0.3 is 5.97 Å². The van der Waals surface area contributed by atoms with Crippen LogP contribution in [0.4, 0.5) is 0 Å². The van der Waals surface area contributed by atoms with Gasteiger partial charge < -0.3 is 10.0 Å². The van der Waals surface area contributed by atoms with Gasteiger partial charge in [-0.15, -0.1) is 0 Å². The van der Waals surface area contributed by atoms with Gasteiger partial charge in [-0.2, -0.15) is 0 Å². The zero-order chi connectivity index (χ0) is 15.6. The minimum Gasteiger partial charge on any atom is -0.480 e. The third-order valence-corrected chi connectivity index (χ3v) is 3.81. The van der Waals surface area contributed by atoms with Crippen molar-refractivity contribution in [2.75, 3.05) is 6.54 Å². The van der Waals surface area contributed by atoms with Crippen molar-refractivity contribution >= 4 is 11.8 Å². The molecule has 0 bridgehead atoms. The maximum absolute atomic E-state index is 12.3. The first-order valence-electron chi connectivity index (χ1n) is 7.09. The second kappa shape index (κ2) is 5.72. The van der Waals surface area contributed by atoms with E-state index in [1.165, 1.54) is 0 Å². The van der Waals surface area contributed by atoms with Crippen LogP contribution in [0.5, 0.6) is 0 Å². The average molecular weight is 287 g/mol. The summed E-state index contributed by atoms with van der Waals surface area (Å²) in [6.07, 6.45) is 2.30.